The van der Waals surface area contributed by atoms with Crippen molar-refractivity contribution in [1.29, 1.82) is 0 Å². The zero-order valence-electron chi connectivity index (χ0n) is 35.0. The monoisotopic (exact) mass is 748 g/mol. The standard InChI is InChI=1S/C44H81N3O6/c1-6-10-25-37(26-11-7-2)31-36-52-39(48)29-20-16-14-18-22-33-47(35-24-32-46-42-41(45-5)43(50)44(42)51)34-23-19-15-17-21-30-40(49)53-38(27-12-8-3)28-13-9-4/h37-38,45-46H,6-36H2,1-5H3. The van der Waals surface area contributed by atoms with Crippen molar-refractivity contribution < 1.29 is 19.1 Å². The SMILES string of the molecule is CCCCC(CCCC)CCOC(=O)CCCCCCCN(CCCCCCCC(=O)OC(CCCC)CCCC)CCCNc1c(NC)c(=O)c1=O. The van der Waals surface area contributed by atoms with Crippen molar-refractivity contribution in [1.82, 2.24) is 4.90 Å². The third-order valence-corrected chi connectivity index (χ3v) is 10.6. The number of anilines is 2. The molecule has 0 heterocycles. The minimum absolute atomic E-state index is 0.0310. The number of nitrogens with zero attached hydrogens (tertiary/aromatic N) is 1. The Labute approximate surface area is 324 Å². The van der Waals surface area contributed by atoms with Crippen LogP contribution in [0, 0.1) is 5.92 Å². The Balaban J connectivity index is 2.35. The molecule has 9 heteroatoms. The topological polar surface area (TPSA) is 114 Å². The van der Waals surface area contributed by atoms with E-state index in [0.29, 0.717) is 43.3 Å². The molecule has 0 aliphatic heterocycles. The van der Waals surface area contributed by atoms with Gasteiger partial charge in [-0.25, -0.2) is 0 Å². The molecule has 0 fully saturated rings. The van der Waals surface area contributed by atoms with Crippen molar-refractivity contribution in [2.75, 3.05) is 50.5 Å². The number of unbranched alkanes of at least 4 members (excludes halogenated alkanes) is 12. The summed E-state index contributed by atoms with van der Waals surface area (Å²) in [7, 11) is 1.67. The Bertz CT molecular complexity index is 1100. The van der Waals surface area contributed by atoms with Gasteiger partial charge in [0.05, 0.1) is 6.61 Å². The van der Waals surface area contributed by atoms with E-state index in [4.69, 9.17) is 9.47 Å². The predicted molar refractivity (Wildman–Crippen MR) is 223 cm³/mol. The van der Waals surface area contributed by atoms with Gasteiger partial charge in [-0.1, -0.05) is 130 Å². The largest absolute Gasteiger partial charge is 0.466 e. The zero-order valence-corrected chi connectivity index (χ0v) is 35.0. The second-order valence-corrected chi connectivity index (χ2v) is 15.4. The van der Waals surface area contributed by atoms with Crippen molar-refractivity contribution >= 4 is 23.3 Å². The maximum Gasteiger partial charge on any atom is 0.306 e. The van der Waals surface area contributed by atoms with Crippen LogP contribution in [0.15, 0.2) is 9.59 Å². The van der Waals surface area contributed by atoms with Crippen molar-refractivity contribution in [3.05, 3.63) is 20.4 Å². The first-order valence-corrected chi connectivity index (χ1v) is 22.1. The fourth-order valence-corrected chi connectivity index (χ4v) is 7.12. The molecule has 0 aliphatic rings. The van der Waals surface area contributed by atoms with E-state index >= 15 is 0 Å². The number of carbonyl (C=O) groups is 2. The Hall–Kier alpha value is -2.42. The molecule has 0 radical (unpaired) electrons. The Kier molecular flexibility index (Phi) is 30.2. The highest BCUT2D eigenvalue weighted by molar-refractivity contribution is 5.73. The average Bonchev–Trinajstić information content (AvgIpc) is 3.16. The number of hydrogen-bond donors (Lipinski definition) is 2. The molecule has 0 saturated heterocycles. The minimum Gasteiger partial charge on any atom is -0.466 e. The molecule has 0 spiro atoms. The molecule has 0 unspecified atom stereocenters. The van der Waals surface area contributed by atoms with E-state index in [1.54, 1.807) is 7.05 Å². The first kappa shape index (κ1) is 48.6. The summed E-state index contributed by atoms with van der Waals surface area (Å²) in [5, 5.41) is 5.99. The molecule has 0 amide bonds. The lowest BCUT2D eigenvalue weighted by atomic mass is 9.93. The highest BCUT2D eigenvalue weighted by Crippen LogP contribution is 2.20. The second kappa shape index (κ2) is 33.0. The summed E-state index contributed by atoms with van der Waals surface area (Å²) in [6.07, 6.45) is 27.6. The Morgan fingerprint density at radius 3 is 1.58 bits per heavy atom. The lowest BCUT2D eigenvalue weighted by Crippen LogP contribution is -2.37. The smallest absolute Gasteiger partial charge is 0.306 e. The molecular weight excluding hydrogens is 666 g/mol. The van der Waals surface area contributed by atoms with Crippen LogP contribution in [0.3, 0.4) is 0 Å². The number of esters is 2. The first-order valence-electron chi connectivity index (χ1n) is 22.1. The van der Waals surface area contributed by atoms with Gasteiger partial charge in [-0.05, 0) is 76.9 Å². The number of nitrogens with one attached hydrogen (secondary N) is 2. The van der Waals surface area contributed by atoms with Crippen LogP contribution in [-0.4, -0.2) is 62.8 Å². The molecule has 1 aromatic rings. The van der Waals surface area contributed by atoms with Crippen LogP contribution in [0.4, 0.5) is 11.4 Å². The van der Waals surface area contributed by atoms with Crippen LogP contribution < -0.4 is 21.5 Å². The molecule has 0 aliphatic carbocycles. The van der Waals surface area contributed by atoms with E-state index in [-0.39, 0.29) is 18.0 Å². The lowest BCUT2D eigenvalue weighted by Gasteiger charge is -2.23. The van der Waals surface area contributed by atoms with E-state index in [0.717, 1.165) is 135 Å². The molecule has 0 atom stereocenters. The fourth-order valence-electron chi connectivity index (χ4n) is 7.12. The van der Waals surface area contributed by atoms with Gasteiger partial charge < -0.3 is 25.0 Å². The molecule has 1 rings (SSSR count). The minimum atomic E-state index is -0.442. The molecule has 2 N–H and O–H groups in total. The molecule has 0 bridgehead atoms. The van der Waals surface area contributed by atoms with Crippen LogP contribution in [0.25, 0.3) is 0 Å². The zero-order chi connectivity index (χ0) is 38.9. The van der Waals surface area contributed by atoms with E-state index in [9.17, 15) is 19.2 Å². The van der Waals surface area contributed by atoms with Crippen molar-refractivity contribution in [3.63, 3.8) is 0 Å². The molecule has 0 aromatic heterocycles. The third-order valence-electron chi connectivity index (χ3n) is 10.6. The van der Waals surface area contributed by atoms with E-state index in [1.807, 2.05) is 0 Å². The summed E-state index contributed by atoms with van der Waals surface area (Å²) < 4.78 is 11.4. The summed E-state index contributed by atoms with van der Waals surface area (Å²) in [6, 6.07) is 0. The number of carbonyl (C=O) groups excluding carboxylic acids is 2. The van der Waals surface area contributed by atoms with Gasteiger partial charge in [-0.3, -0.25) is 19.2 Å². The summed E-state index contributed by atoms with van der Waals surface area (Å²) in [5.41, 5.74) is -0.0710. The van der Waals surface area contributed by atoms with Gasteiger partial charge in [0.15, 0.2) is 0 Å². The second-order valence-electron chi connectivity index (χ2n) is 15.4. The summed E-state index contributed by atoms with van der Waals surface area (Å²) >= 11 is 0. The normalized spacial score (nSPS) is 11.6. The van der Waals surface area contributed by atoms with Gasteiger partial charge in [-0.15, -0.1) is 0 Å². The van der Waals surface area contributed by atoms with Crippen LogP contribution in [0.2, 0.25) is 0 Å². The number of hydrogen-bond acceptors (Lipinski definition) is 9. The summed E-state index contributed by atoms with van der Waals surface area (Å²) in [6.45, 7) is 13.1. The predicted octanol–water partition coefficient (Wildman–Crippen LogP) is 10.3. The van der Waals surface area contributed by atoms with Gasteiger partial charge in [0, 0.05) is 26.4 Å². The average molecular weight is 748 g/mol. The highest BCUT2D eigenvalue weighted by atomic mass is 16.5. The molecule has 53 heavy (non-hydrogen) atoms. The van der Waals surface area contributed by atoms with Gasteiger partial charge in [0.2, 0.25) is 0 Å². The van der Waals surface area contributed by atoms with Crippen LogP contribution in [0.1, 0.15) is 195 Å². The fraction of sp³-hybridized carbons (Fsp3) is 0.864. The number of ether oxygens (including phenoxy) is 2. The molecule has 0 saturated carbocycles. The lowest BCUT2D eigenvalue weighted by molar-refractivity contribution is -0.150. The van der Waals surface area contributed by atoms with Crippen molar-refractivity contribution in [2.24, 2.45) is 5.92 Å². The number of rotatable bonds is 38. The van der Waals surface area contributed by atoms with Crippen molar-refractivity contribution in [2.45, 2.75) is 201 Å². The molecular formula is C44H81N3O6. The van der Waals surface area contributed by atoms with E-state index < -0.39 is 10.9 Å². The molecule has 308 valence electrons. The molecule has 9 nitrogen and oxygen atoms in total. The summed E-state index contributed by atoms with van der Waals surface area (Å²) in [5.74, 6) is 0.612. The quantitative estimate of drug-likeness (QED) is 0.0388. The van der Waals surface area contributed by atoms with Crippen LogP contribution in [-0.2, 0) is 19.1 Å². The summed E-state index contributed by atoms with van der Waals surface area (Å²) in [4.78, 5) is 50.9. The Morgan fingerprint density at radius 2 is 1.04 bits per heavy atom. The Morgan fingerprint density at radius 1 is 0.566 bits per heavy atom. The third kappa shape index (κ3) is 23.9. The first-order chi connectivity index (χ1) is 25.8. The van der Waals surface area contributed by atoms with Crippen LogP contribution in [0.5, 0.6) is 0 Å². The van der Waals surface area contributed by atoms with E-state index in [2.05, 4.69) is 43.2 Å². The van der Waals surface area contributed by atoms with Gasteiger partial charge in [-0.2, -0.15) is 0 Å². The van der Waals surface area contributed by atoms with Crippen LogP contribution >= 0.6 is 0 Å². The maximum atomic E-state index is 12.4. The van der Waals surface area contributed by atoms with E-state index in [1.165, 1.54) is 38.5 Å². The van der Waals surface area contributed by atoms with Gasteiger partial charge in [0.25, 0.3) is 10.9 Å². The highest BCUT2D eigenvalue weighted by Gasteiger charge is 2.19. The maximum absolute atomic E-state index is 12.4. The van der Waals surface area contributed by atoms with Gasteiger partial charge >= 0.3 is 11.9 Å². The van der Waals surface area contributed by atoms with Gasteiger partial charge in [0.1, 0.15) is 17.5 Å². The molecule has 1 aromatic carbocycles. The van der Waals surface area contributed by atoms with Crippen molar-refractivity contribution in [3.8, 4) is 0 Å².